The van der Waals surface area contributed by atoms with Gasteiger partial charge in [0.1, 0.15) is 18.1 Å². The predicted molar refractivity (Wildman–Crippen MR) is 142 cm³/mol. The third kappa shape index (κ3) is 4.98. The lowest BCUT2D eigenvalue weighted by Gasteiger charge is -2.49. The average Bonchev–Trinajstić information content (AvgIpc) is 2.90. The van der Waals surface area contributed by atoms with Crippen LogP contribution in [0.25, 0.3) is 0 Å². The monoisotopic (exact) mass is 491 g/mol. The van der Waals surface area contributed by atoms with Gasteiger partial charge in [-0.3, -0.25) is 9.88 Å². The van der Waals surface area contributed by atoms with E-state index in [9.17, 15) is 0 Å². The minimum absolute atomic E-state index is 0.462. The molecule has 1 aromatic heterocycles. The molecular formula is C29H34ClN3O2. The van der Waals surface area contributed by atoms with Crippen molar-refractivity contribution in [1.29, 1.82) is 0 Å². The highest BCUT2D eigenvalue weighted by molar-refractivity contribution is 6.32. The molecule has 35 heavy (non-hydrogen) atoms. The molecule has 1 unspecified atom stereocenters. The third-order valence-corrected chi connectivity index (χ3v) is 8.04. The lowest BCUT2D eigenvalue weighted by atomic mass is 9.86. The van der Waals surface area contributed by atoms with Gasteiger partial charge in [-0.15, -0.1) is 0 Å². The van der Waals surface area contributed by atoms with E-state index in [-0.39, 0.29) is 0 Å². The van der Waals surface area contributed by atoms with Crippen molar-refractivity contribution in [2.24, 2.45) is 0 Å². The molecule has 0 spiro atoms. The fourth-order valence-corrected chi connectivity index (χ4v) is 5.83. The standard InChI is InChI=1S/C29H34ClN3O2/c1-20-21(2)28(35-19-22-11-13-31-14-12-22)10-8-25(20)27-6-4-5-24-18-32(15-16-33(24)27)23-7-9-26(30)29(17-23)34-3/h7-14,17,24,27H,4-6,15-16,18-19H2,1-3H3/t24?,27-/m1/s1. The molecule has 0 bridgehead atoms. The molecule has 2 aliphatic rings. The lowest BCUT2D eigenvalue weighted by molar-refractivity contribution is 0.0712. The summed E-state index contributed by atoms with van der Waals surface area (Å²) in [5, 5.41) is 0.659. The van der Waals surface area contributed by atoms with Gasteiger partial charge in [0.25, 0.3) is 0 Å². The van der Waals surface area contributed by atoms with Gasteiger partial charge in [0.2, 0.25) is 0 Å². The van der Waals surface area contributed by atoms with Crippen LogP contribution in [0.4, 0.5) is 5.69 Å². The van der Waals surface area contributed by atoms with Gasteiger partial charge in [-0.05, 0) is 85.7 Å². The maximum Gasteiger partial charge on any atom is 0.139 e. The molecule has 5 rings (SSSR count). The van der Waals surface area contributed by atoms with Crippen LogP contribution < -0.4 is 14.4 Å². The smallest absolute Gasteiger partial charge is 0.139 e. The maximum absolute atomic E-state index is 6.26. The zero-order valence-corrected chi connectivity index (χ0v) is 21.6. The topological polar surface area (TPSA) is 37.8 Å². The van der Waals surface area contributed by atoms with Gasteiger partial charge in [-0.2, -0.15) is 0 Å². The summed E-state index contributed by atoms with van der Waals surface area (Å²) in [4.78, 5) is 9.31. The Hall–Kier alpha value is -2.76. The molecule has 5 nitrogen and oxygen atoms in total. The molecule has 0 saturated carbocycles. The summed E-state index contributed by atoms with van der Waals surface area (Å²) in [6, 6.07) is 15.6. The molecular weight excluding hydrogens is 458 g/mol. The fraction of sp³-hybridized carbons (Fsp3) is 0.414. The van der Waals surface area contributed by atoms with E-state index in [4.69, 9.17) is 21.1 Å². The Morgan fingerprint density at radius 2 is 1.80 bits per heavy atom. The van der Waals surface area contributed by atoms with Crippen LogP contribution in [0.15, 0.2) is 54.9 Å². The van der Waals surface area contributed by atoms with E-state index in [0.717, 1.165) is 36.7 Å². The van der Waals surface area contributed by atoms with Crippen molar-refractivity contribution in [2.45, 2.75) is 51.8 Å². The molecule has 2 aromatic carbocycles. The van der Waals surface area contributed by atoms with Crippen LogP contribution in [0.2, 0.25) is 5.02 Å². The number of ether oxygens (including phenoxy) is 2. The highest BCUT2D eigenvalue weighted by Crippen LogP contribution is 2.40. The molecule has 0 aliphatic carbocycles. The Morgan fingerprint density at radius 1 is 0.971 bits per heavy atom. The second-order valence-corrected chi connectivity index (χ2v) is 10.1. The highest BCUT2D eigenvalue weighted by Gasteiger charge is 2.36. The van der Waals surface area contributed by atoms with Crippen LogP contribution in [0.5, 0.6) is 11.5 Å². The van der Waals surface area contributed by atoms with E-state index in [1.165, 1.54) is 41.6 Å². The van der Waals surface area contributed by atoms with Gasteiger partial charge < -0.3 is 14.4 Å². The van der Waals surface area contributed by atoms with E-state index >= 15 is 0 Å². The number of piperazine rings is 1. The zero-order valence-electron chi connectivity index (χ0n) is 20.8. The predicted octanol–water partition coefficient (Wildman–Crippen LogP) is 6.36. The van der Waals surface area contributed by atoms with Gasteiger partial charge in [-0.1, -0.05) is 17.7 Å². The van der Waals surface area contributed by atoms with Gasteiger partial charge in [-0.25, -0.2) is 0 Å². The number of hydrogen-bond acceptors (Lipinski definition) is 5. The first kappa shape index (κ1) is 24.0. The number of piperidine rings is 1. The van der Waals surface area contributed by atoms with Crippen molar-refractivity contribution < 1.29 is 9.47 Å². The van der Waals surface area contributed by atoms with Crippen LogP contribution in [-0.4, -0.2) is 42.7 Å². The van der Waals surface area contributed by atoms with Crippen molar-refractivity contribution in [3.05, 3.63) is 82.1 Å². The summed E-state index contributed by atoms with van der Waals surface area (Å²) in [5.41, 5.74) is 6.37. The molecule has 0 N–H and O–H groups in total. The molecule has 2 atom stereocenters. The number of fused-ring (bicyclic) bond motifs is 1. The number of aromatic nitrogens is 1. The van der Waals surface area contributed by atoms with Crippen molar-refractivity contribution in [1.82, 2.24) is 9.88 Å². The summed E-state index contributed by atoms with van der Waals surface area (Å²) in [6.07, 6.45) is 7.32. The lowest BCUT2D eigenvalue weighted by Crippen LogP contribution is -2.56. The van der Waals surface area contributed by atoms with E-state index in [2.05, 4.69) is 52.9 Å². The van der Waals surface area contributed by atoms with Gasteiger partial charge in [0, 0.05) is 55.9 Å². The number of anilines is 1. The van der Waals surface area contributed by atoms with Crippen LogP contribution in [0.3, 0.4) is 0 Å². The molecule has 184 valence electrons. The number of pyridine rings is 1. The number of rotatable bonds is 6. The van der Waals surface area contributed by atoms with Crippen LogP contribution in [0.1, 0.15) is 47.6 Å². The number of benzene rings is 2. The maximum atomic E-state index is 6.26. The van der Waals surface area contributed by atoms with E-state index in [1.807, 2.05) is 30.6 Å². The summed E-state index contributed by atoms with van der Waals surface area (Å²) < 4.78 is 11.6. The third-order valence-electron chi connectivity index (χ3n) is 7.73. The van der Waals surface area contributed by atoms with Crippen LogP contribution in [-0.2, 0) is 6.61 Å². The minimum atomic E-state index is 0.462. The second kappa shape index (κ2) is 10.5. The molecule has 6 heteroatoms. The van der Waals surface area contributed by atoms with Crippen molar-refractivity contribution in [3.63, 3.8) is 0 Å². The molecule has 0 radical (unpaired) electrons. The van der Waals surface area contributed by atoms with Crippen LogP contribution >= 0.6 is 11.6 Å². The Balaban J connectivity index is 1.31. The minimum Gasteiger partial charge on any atom is -0.495 e. The zero-order chi connectivity index (χ0) is 24.4. The second-order valence-electron chi connectivity index (χ2n) is 9.65. The molecule has 2 aliphatic heterocycles. The quantitative estimate of drug-likeness (QED) is 0.401. The largest absolute Gasteiger partial charge is 0.495 e. The summed E-state index contributed by atoms with van der Waals surface area (Å²) in [7, 11) is 1.68. The van der Waals surface area contributed by atoms with Crippen molar-refractivity contribution in [3.8, 4) is 11.5 Å². The average molecular weight is 492 g/mol. The van der Waals surface area contributed by atoms with E-state index in [1.54, 1.807) is 7.11 Å². The van der Waals surface area contributed by atoms with E-state index < -0.39 is 0 Å². The summed E-state index contributed by atoms with van der Waals surface area (Å²) in [6.45, 7) is 8.09. The first-order valence-electron chi connectivity index (χ1n) is 12.5. The highest BCUT2D eigenvalue weighted by atomic mass is 35.5. The molecule has 0 amide bonds. The number of hydrogen-bond donors (Lipinski definition) is 0. The first-order chi connectivity index (χ1) is 17.0. The number of methoxy groups -OCH3 is 1. The Labute approximate surface area is 213 Å². The molecule has 3 heterocycles. The Bertz CT molecular complexity index is 1170. The van der Waals surface area contributed by atoms with Crippen molar-refractivity contribution in [2.75, 3.05) is 31.6 Å². The Morgan fingerprint density at radius 3 is 2.60 bits per heavy atom. The molecule has 2 fully saturated rings. The first-order valence-corrected chi connectivity index (χ1v) is 12.9. The van der Waals surface area contributed by atoms with Gasteiger partial charge in [0.05, 0.1) is 12.1 Å². The normalized spacial score (nSPS) is 20.4. The number of halogens is 1. The van der Waals surface area contributed by atoms with Gasteiger partial charge in [0.15, 0.2) is 0 Å². The summed E-state index contributed by atoms with van der Waals surface area (Å²) >= 11 is 6.26. The van der Waals surface area contributed by atoms with Crippen molar-refractivity contribution >= 4 is 17.3 Å². The molecule has 3 aromatic rings. The fourth-order valence-electron chi connectivity index (χ4n) is 5.64. The summed E-state index contributed by atoms with van der Waals surface area (Å²) in [5.74, 6) is 1.71. The van der Waals surface area contributed by atoms with Crippen LogP contribution in [0, 0.1) is 13.8 Å². The van der Waals surface area contributed by atoms with E-state index in [0.29, 0.717) is 23.7 Å². The van der Waals surface area contributed by atoms with Gasteiger partial charge >= 0.3 is 0 Å². The SMILES string of the molecule is COc1cc(N2CCN3C(CCC[C@@H]3c3ccc(OCc4ccncc4)c(C)c3C)C2)ccc1Cl. The molecule has 2 saturated heterocycles. The Kier molecular flexibility index (Phi) is 7.17. The number of nitrogens with zero attached hydrogens (tertiary/aromatic N) is 3.